The Hall–Kier alpha value is -1.30. The topological polar surface area (TPSA) is 54.5 Å². The van der Waals surface area contributed by atoms with Gasteiger partial charge in [0.2, 0.25) is 0 Å². The summed E-state index contributed by atoms with van der Waals surface area (Å²) in [6, 6.07) is 0.183. The minimum Gasteiger partial charge on any atom is -0.444 e. The van der Waals surface area contributed by atoms with Gasteiger partial charge < -0.3 is 15.0 Å². The van der Waals surface area contributed by atoms with E-state index >= 15 is 0 Å². The molecule has 1 N–H and O–H groups in total. The van der Waals surface area contributed by atoms with Gasteiger partial charge >= 0.3 is 6.09 Å². The summed E-state index contributed by atoms with van der Waals surface area (Å²) in [6.45, 7) is 7.21. The standard InChI is InChI=1S/C14H23N3O2S/c1-14(2,3)19-13(18)17-8-5-4-6-11(17)10-16-12-15-7-9-20-12/h7,9,11H,4-6,8,10H2,1-3H3,(H,15,16)/t11-/m1/s1. The van der Waals surface area contributed by atoms with Crippen molar-refractivity contribution in [2.75, 3.05) is 18.4 Å². The highest BCUT2D eigenvalue weighted by molar-refractivity contribution is 7.13. The lowest BCUT2D eigenvalue weighted by Gasteiger charge is -2.36. The molecule has 1 aromatic heterocycles. The van der Waals surface area contributed by atoms with Crippen molar-refractivity contribution in [1.29, 1.82) is 0 Å². The van der Waals surface area contributed by atoms with Crippen molar-refractivity contribution in [3.63, 3.8) is 0 Å². The Balaban J connectivity index is 1.92. The van der Waals surface area contributed by atoms with Crippen LogP contribution in [0.2, 0.25) is 0 Å². The largest absolute Gasteiger partial charge is 0.444 e. The van der Waals surface area contributed by atoms with Gasteiger partial charge in [-0.25, -0.2) is 9.78 Å². The number of rotatable bonds is 3. The molecule has 5 nitrogen and oxygen atoms in total. The van der Waals surface area contributed by atoms with Gasteiger partial charge in [-0.2, -0.15) is 0 Å². The summed E-state index contributed by atoms with van der Waals surface area (Å²) >= 11 is 1.57. The fourth-order valence-corrected chi connectivity index (χ4v) is 2.83. The van der Waals surface area contributed by atoms with Crippen LogP contribution in [0.5, 0.6) is 0 Å². The van der Waals surface area contributed by atoms with Gasteiger partial charge in [0, 0.05) is 24.7 Å². The van der Waals surface area contributed by atoms with Gasteiger partial charge in [-0.3, -0.25) is 0 Å². The molecule has 0 aromatic carbocycles. The van der Waals surface area contributed by atoms with Gasteiger partial charge in [0.15, 0.2) is 5.13 Å². The van der Waals surface area contributed by atoms with Crippen LogP contribution in [-0.2, 0) is 4.74 Å². The molecule has 1 atom stereocenters. The number of aromatic nitrogens is 1. The second-order valence-electron chi connectivity index (χ2n) is 6.04. The minimum absolute atomic E-state index is 0.183. The third-order valence-corrected chi connectivity index (χ3v) is 3.91. The van der Waals surface area contributed by atoms with Gasteiger partial charge in [-0.1, -0.05) is 0 Å². The van der Waals surface area contributed by atoms with Crippen LogP contribution < -0.4 is 5.32 Å². The molecule has 0 unspecified atom stereocenters. The van der Waals surface area contributed by atoms with Crippen LogP contribution in [0, 0.1) is 0 Å². The maximum Gasteiger partial charge on any atom is 0.410 e. The number of likely N-dealkylation sites (tertiary alicyclic amines) is 1. The van der Waals surface area contributed by atoms with Crippen LogP contribution in [0.15, 0.2) is 11.6 Å². The number of hydrogen-bond donors (Lipinski definition) is 1. The minimum atomic E-state index is -0.443. The molecule has 1 amide bonds. The molecule has 1 fully saturated rings. The van der Waals surface area contributed by atoms with Crippen LogP contribution in [0.1, 0.15) is 40.0 Å². The van der Waals surface area contributed by atoms with Gasteiger partial charge in [-0.05, 0) is 40.0 Å². The predicted octanol–water partition coefficient (Wildman–Crippen LogP) is 3.34. The predicted molar refractivity (Wildman–Crippen MR) is 81.2 cm³/mol. The normalized spacial score (nSPS) is 19.8. The van der Waals surface area contributed by atoms with Crippen molar-refractivity contribution in [1.82, 2.24) is 9.88 Å². The molecule has 112 valence electrons. The number of amides is 1. The highest BCUT2D eigenvalue weighted by Gasteiger charge is 2.30. The first-order chi connectivity index (χ1) is 9.46. The fourth-order valence-electron chi connectivity index (χ4n) is 2.29. The van der Waals surface area contributed by atoms with E-state index in [0.717, 1.165) is 37.5 Å². The molecule has 6 heteroatoms. The molecular weight excluding hydrogens is 274 g/mol. The Morgan fingerprint density at radius 2 is 2.35 bits per heavy atom. The summed E-state index contributed by atoms with van der Waals surface area (Å²) in [5, 5.41) is 6.14. The van der Waals surface area contributed by atoms with Gasteiger partial charge in [-0.15, -0.1) is 11.3 Å². The smallest absolute Gasteiger partial charge is 0.410 e. The van der Waals surface area contributed by atoms with Gasteiger partial charge in [0.1, 0.15) is 5.60 Å². The highest BCUT2D eigenvalue weighted by Crippen LogP contribution is 2.21. The molecule has 2 rings (SSSR count). The molecule has 0 aliphatic carbocycles. The number of nitrogens with zero attached hydrogens (tertiary/aromatic N) is 2. The molecular formula is C14H23N3O2S. The lowest BCUT2D eigenvalue weighted by Crippen LogP contribution is -2.48. The Kier molecular flexibility index (Phi) is 4.86. The number of piperidine rings is 1. The maximum atomic E-state index is 12.2. The van der Waals surface area contributed by atoms with E-state index in [2.05, 4.69) is 10.3 Å². The van der Waals surface area contributed by atoms with E-state index in [1.165, 1.54) is 0 Å². The zero-order valence-electron chi connectivity index (χ0n) is 12.4. The summed E-state index contributed by atoms with van der Waals surface area (Å²) in [5.74, 6) is 0. The number of anilines is 1. The molecule has 1 aliphatic heterocycles. The Morgan fingerprint density at radius 3 is 3.00 bits per heavy atom. The zero-order valence-corrected chi connectivity index (χ0v) is 13.2. The zero-order chi connectivity index (χ0) is 14.6. The second-order valence-corrected chi connectivity index (χ2v) is 6.94. The third-order valence-electron chi connectivity index (χ3n) is 3.18. The summed E-state index contributed by atoms with van der Waals surface area (Å²) in [7, 11) is 0. The molecule has 1 saturated heterocycles. The van der Waals surface area contributed by atoms with E-state index in [-0.39, 0.29) is 12.1 Å². The Bertz CT molecular complexity index is 428. The molecule has 1 aromatic rings. The molecule has 2 heterocycles. The molecule has 20 heavy (non-hydrogen) atoms. The number of carbonyl (C=O) groups excluding carboxylic acids is 1. The number of carbonyl (C=O) groups is 1. The third kappa shape index (κ3) is 4.37. The van der Waals surface area contributed by atoms with Crippen molar-refractivity contribution in [2.24, 2.45) is 0 Å². The molecule has 0 saturated carbocycles. The maximum absolute atomic E-state index is 12.2. The van der Waals surface area contributed by atoms with Crippen LogP contribution in [0.3, 0.4) is 0 Å². The molecule has 0 radical (unpaired) electrons. The van der Waals surface area contributed by atoms with Crippen LogP contribution in [-0.4, -0.2) is 40.7 Å². The average Bonchev–Trinajstić information content (AvgIpc) is 2.87. The first-order valence-corrected chi connectivity index (χ1v) is 7.97. The van der Waals surface area contributed by atoms with E-state index in [1.54, 1.807) is 17.5 Å². The van der Waals surface area contributed by atoms with Crippen LogP contribution in [0.4, 0.5) is 9.93 Å². The number of ether oxygens (including phenoxy) is 1. The fraction of sp³-hybridized carbons (Fsp3) is 0.714. The Labute approximate surface area is 124 Å². The lowest BCUT2D eigenvalue weighted by atomic mass is 10.0. The number of hydrogen-bond acceptors (Lipinski definition) is 5. The monoisotopic (exact) mass is 297 g/mol. The number of nitrogens with one attached hydrogen (secondary N) is 1. The van der Waals surface area contributed by atoms with Crippen LogP contribution in [0.25, 0.3) is 0 Å². The molecule has 0 bridgehead atoms. The van der Waals surface area contributed by atoms with E-state index in [9.17, 15) is 4.79 Å². The summed E-state index contributed by atoms with van der Waals surface area (Å²) in [5.41, 5.74) is -0.443. The van der Waals surface area contributed by atoms with Crippen molar-refractivity contribution >= 4 is 22.6 Å². The van der Waals surface area contributed by atoms with E-state index < -0.39 is 5.60 Å². The van der Waals surface area contributed by atoms with Crippen molar-refractivity contribution < 1.29 is 9.53 Å². The lowest BCUT2D eigenvalue weighted by molar-refractivity contribution is 0.0114. The first kappa shape index (κ1) is 15.1. The Morgan fingerprint density at radius 1 is 1.55 bits per heavy atom. The van der Waals surface area contributed by atoms with E-state index in [4.69, 9.17) is 4.74 Å². The molecule has 1 aliphatic rings. The average molecular weight is 297 g/mol. The van der Waals surface area contributed by atoms with Gasteiger partial charge in [0.05, 0.1) is 6.04 Å². The van der Waals surface area contributed by atoms with Crippen molar-refractivity contribution in [3.8, 4) is 0 Å². The molecule has 0 spiro atoms. The quantitative estimate of drug-likeness (QED) is 0.929. The van der Waals surface area contributed by atoms with E-state index in [0.29, 0.717) is 0 Å². The van der Waals surface area contributed by atoms with Gasteiger partial charge in [0.25, 0.3) is 0 Å². The van der Waals surface area contributed by atoms with Crippen LogP contribution >= 0.6 is 11.3 Å². The SMILES string of the molecule is CC(C)(C)OC(=O)N1CCCC[C@@H]1CNc1nccs1. The highest BCUT2D eigenvalue weighted by atomic mass is 32.1. The van der Waals surface area contributed by atoms with E-state index in [1.807, 2.05) is 31.1 Å². The number of thiazole rings is 1. The summed E-state index contributed by atoms with van der Waals surface area (Å²) < 4.78 is 5.49. The summed E-state index contributed by atoms with van der Waals surface area (Å²) in [6.07, 6.45) is 4.79. The summed E-state index contributed by atoms with van der Waals surface area (Å²) in [4.78, 5) is 18.3. The van der Waals surface area contributed by atoms with Crippen molar-refractivity contribution in [3.05, 3.63) is 11.6 Å². The first-order valence-electron chi connectivity index (χ1n) is 7.09. The van der Waals surface area contributed by atoms with Crippen molar-refractivity contribution in [2.45, 2.75) is 51.7 Å². The second kappa shape index (κ2) is 6.43.